The molecule has 2 N–H and O–H groups in total. The predicted octanol–water partition coefficient (Wildman–Crippen LogP) is 4.21. The van der Waals surface area contributed by atoms with Gasteiger partial charge in [-0.3, -0.25) is 10.1 Å². The number of thiocarbonyl (C=S) groups is 1. The third-order valence-electron chi connectivity index (χ3n) is 3.53. The summed E-state index contributed by atoms with van der Waals surface area (Å²) >= 11 is 17.1. The summed E-state index contributed by atoms with van der Waals surface area (Å²) in [5.41, 5.74) is 1.60. The molecule has 0 spiro atoms. The molecule has 0 aromatic heterocycles. The minimum Gasteiger partial charge on any atom is -0.493 e. The van der Waals surface area contributed by atoms with Gasteiger partial charge in [-0.2, -0.15) is 0 Å². The highest BCUT2D eigenvalue weighted by Gasteiger charge is 2.05. The maximum absolute atomic E-state index is 12.0. The van der Waals surface area contributed by atoms with E-state index in [4.69, 9.17) is 44.9 Å². The van der Waals surface area contributed by atoms with Crippen molar-refractivity contribution < 1.29 is 14.3 Å². The van der Waals surface area contributed by atoms with Crippen molar-refractivity contribution >= 4 is 52.5 Å². The van der Waals surface area contributed by atoms with Crippen LogP contribution in [-0.4, -0.2) is 25.2 Å². The summed E-state index contributed by atoms with van der Waals surface area (Å²) < 4.78 is 10.4. The van der Waals surface area contributed by atoms with Crippen LogP contribution in [0.25, 0.3) is 6.08 Å². The highest BCUT2D eigenvalue weighted by Crippen LogP contribution is 2.27. The Hall–Kier alpha value is -2.28. The lowest BCUT2D eigenvalue weighted by molar-refractivity contribution is -0.115. The van der Waals surface area contributed by atoms with Crippen LogP contribution in [0.4, 0.5) is 0 Å². The normalized spacial score (nSPS) is 10.5. The van der Waals surface area contributed by atoms with Crippen molar-refractivity contribution in [3.63, 3.8) is 0 Å². The molecule has 0 aliphatic carbocycles. The number of amides is 1. The number of carbonyl (C=O) groups excluding carboxylic acids is 1. The number of hydrogen-bond donors (Lipinski definition) is 2. The van der Waals surface area contributed by atoms with Crippen molar-refractivity contribution in [3.8, 4) is 11.5 Å². The number of halogens is 2. The molecular weight excluding hydrogens is 407 g/mol. The second kappa shape index (κ2) is 10.2. The van der Waals surface area contributed by atoms with Crippen LogP contribution in [-0.2, 0) is 11.3 Å². The third kappa shape index (κ3) is 6.43. The second-order valence-corrected chi connectivity index (χ2v) is 6.61. The van der Waals surface area contributed by atoms with Gasteiger partial charge in [-0.05, 0) is 53.7 Å². The van der Waals surface area contributed by atoms with Crippen LogP contribution in [0.2, 0.25) is 10.0 Å². The summed E-state index contributed by atoms with van der Waals surface area (Å²) in [4.78, 5) is 12.0. The Kier molecular flexibility index (Phi) is 7.91. The lowest BCUT2D eigenvalue weighted by Crippen LogP contribution is -2.38. The molecule has 2 aromatic rings. The first kappa shape index (κ1) is 21.0. The third-order valence-corrected chi connectivity index (χ3v) is 4.36. The summed E-state index contributed by atoms with van der Waals surface area (Å²) in [6.45, 7) is 0.370. The van der Waals surface area contributed by atoms with E-state index < -0.39 is 0 Å². The van der Waals surface area contributed by atoms with Gasteiger partial charge in [0, 0.05) is 22.7 Å². The SMILES string of the molecule is COc1ccc(/C=C/C(=O)NC(=S)NCc2ccc(Cl)cc2Cl)cc1OC. The molecule has 0 aliphatic rings. The number of hydrogen-bond acceptors (Lipinski definition) is 4. The minimum absolute atomic E-state index is 0.197. The van der Waals surface area contributed by atoms with Gasteiger partial charge in [0.1, 0.15) is 0 Å². The van der Waals surface area contributed by atoms with Crippen molar-refractivity contribution in [1.29, 1.82) is 0 Å². The maximum Gasteiger partial charge on any atom is 0.250 e. The highest BCUT2D eigenvalue weighted by molar-refractivity contribution is 7.80. The molecule has 0 unspecified atom stereocenters. The molecule has 0 atom stereocenters. The molecule has 0 bridgehead atoms. The first-order chi connectivity index (χ1) is 12.9. The number of benzene rings is 2. The smallest absolute Gasteiger partial charge is 0.250 e. The summed E-state index contributed by atoms with van der Waals surface area (Å²) in [7, 11) is 3.11. The van der Waals surface area contributed by atoms with Crippen molar-refractivity contribution in [1.82, 2.24) is 10.6 Å². The number of methoxy groups -OCH3 is 2. The van der Waals surface area contributed by atoms with Crippen molar-refractivity contribution in [2.24, 2.45) is 0 Å². The number of nitrogens with one attached hydrogen (secondary N) is 2. The fourth-order valence-electron chi connectivity index (χ4n) is 2.17. The van der Waals surface area contributed by atoms with Crippen LogP contribution in [0.3, 0.4) is 0 Å². The van der Waals surface area contributed by atoms with Crippen LogP contribution < -0.4 is 20.1 Å². The van der Waals surface area contributed by atoms with Gasteiger partial charge in [-0.15, -0.1) is 0 Å². The molecule has 2 aromatic carbocycles. The number of ether oxygens (including phenoxy) is 2. The van der Waals surface area contributed by atoms with Crippen molar-refractivity contribution in [2.45, 2.75) is 6.54 Å². The highest BCUT2D eigenvalue weighted by atomic mass is 35.5. The van der Waals surface area contributed by atoms with E-state index in [2.05, 4.69) is 10.6 Å². The van der Waals surface area contributed by atoms with Crippen LogP contribution in [0.1, 0.15) is 11.1 Å². The van der Waals surface area contributed by atoms with Gasteiger partial charge in [0.15, 0.2) is 16.6 Å². The van der Waals surface area contributed by atoms with E-state index in [1.54, 1.807) is 50.6 Å². The quantitative estimate of drug-likeness (QED) is 0.536. The molecular formula is C19H18Cl2N2O3S. The van der Waals surface area contributed by atoms with Crippen LogP contribution in [0.5, 0.6) is 11.5 Å². The molecule has 142 valence electrons. The molecule has 0 aliphatic heterocycles. The van der Waals surface area contributed by atoms with Crippen LogP contribution >= 0.6 is 35.4 Å². The molecule has 5 nitrogen and oxygen atoms in total. The average Bonchev–Trinajstić information content (AvgIpc) is 2.65. The van der Waals surface area contributed by atoms with Gasteiger partial charge in [-0.1, -0.05) is 35.3 Å². The van der Waals surface area contributed by atoms with Gasteiger partial charge >= 0.3 is 0 Å². The molecule has 8 heteroatoms. The average molecular weight is 425 g/mol. The van der Waals surface area contributed by atoms with E-state index in [1.165, 1.54) is 6.08 Å². The van der Waals surface area contributed by atoms with E-state index >= 15 is 0 Å². The van der Waals surface area contributed by atoms with Gasteiger partial charge in [0.25, 0.3) is 0 Å². The fourth-order valence-corrected chi connectivity index (χ4v) is 2.81. The maximum atomic E-state index is 12.0. The van der Waals surface area contributed by atoms with E-state index in [1.807, 2.05) is 6.07 Å². The Morgan fingerprint density at radius 2 is 1.85 bits per heavy atom. The molecule has 0 fully saturated rings. The van der Waals surface area contributed by atoms with E-state index in [9.17, 15) is 4.79 Å². The predicted molar refractivity (Wildman–Crippen MR) is 113 cm³/mol. The second-order valence-electron chi connectivity index (χ2n) is 5.36. The zero-order chi connectivity index (χ0) is 19.8. The Morgan fingerprint density at radius 3 is 2.52 bits per heavy atom. The molecule has 27 heavy (non-hydrogen) atoms. The zero-order valence-electron chi connectivity index (χ0n) is 14.7. The Labute approximate surface area is 173 Å². The lowest BCUT2D eigenvalue weighted by Gasteiger charge is -2.10. The van der Waals surface area contributed by atoms with E-state index in [0.717, 1.165) is 11.1 Å². The molecule has 1 amide bonds. The topological polar surface area (TPSA) is 59.6 Å². The largest absolute Gasteiger partial charge is 0.493 e. The van der Waals surface area contributed by atoms with E-state index in [0.29, 0.717) is 28.1 Å². The van der Waals surface area contributed by atoms with E-state index in [-0.39, 0.29) is 11.0 Å². The number of carbonyl (C=O) groups is 1. The first-order valence-corrected chi connectivity index (χ1v) is 9.02. The van der Waals surface area contributed by atoms with Crippen molar-refractivity contribution in [2.75, 3.05) is 14.2 Å². The van der Waals surface area contributed by atoms with Crippen molar-refractivity contribution in [3.05, 3.63) is 63.6 Å². The Balaban J connectivity index is 1.89. The van der Waals surface area contributed by atoms with Crippen LogP contribution in [0.15, 0.2) is 42.5 Å². The molecule has 0 radical (unpaired) electrons. The fraction of sp³-hybridized carbons (Fsp3) is 0.158. The monoisotopic (exact) mass is 424 g/mol. The van der Waals surface area contributed by atoms with Gasteiger partial charge < -0.3 is 14.8 Å². The molecule has 2 rings (SSSR count). The molecule has 0 heterocycles. The standard InChI is InChI=1S/C19H18Cl2N2O3S/c1-25-16-7-3-12(9-17(16)26-2)4-8-18(24)23-19(27)22-11-13-5-6-14(20)10-15(13)21/h3-10H,11H2,1-2H3,(H2,22,23,24,27)/b8-4+. The lowest BCUT2D eigenvalue weighted by atomic mass is 10.2. The van der Waals surface area contributed by atoms with Gasteiger partial charge in [-0.25, -0.2) is 0 Å². The summed E-state index contributed by atoms with van der Waals surface area (Å²) in [6, 6.07) is 10.5. The Morgan fingerprint density at radius 1 is 1.11 bits per heavy atom. The molecule has 0 saturated heterocycles. The summed E-state index contributed by atoms with van der Waals surface area (Å²) in [5, 5.41) is 6.77. The first-order valence-electron chi connectivity index (χ1n) is 7.85. The van der Waals surface area contributed by atoms with Gasteiger partial charge in [0.05, 0.1) is 14.2 Å². The number of rotatable bonds is 6. The van der Waals surface area contributed by atoms with Crippen LogP contribution in [0, 0.1) is 0 Å². The summed E-state index contributed by atoms with van der Waals surface area (Å²) in [5.74, 6) is 0.840. The zero-order valence-corrected chi connectivity index (χ0v) is 17.0. The Bertz CT molecular complexity index is 872. The summed E-state index contributed by atoms with van der Waals surface area (Å²) in [6.07, 6.45) is 3.03. The van der Waals surface area contributed by atoms with Gasteiger partial charge in [0.2, 0.25) is 5.91 Å². The minimum atomic E-state index is -0.357. The molecule has 0 saturated carbocycles.